The maximum absolute atomic E-state index is 4.39. The largest absolute Gasteiger partial charge is 0.230 e. The highest BCUT2D eigenvalue weighted by atomic mass is 28.3. The molecule has 0 spiro atoms. The molecule has 442 valence electrons. The van der Waals surface area contributed by atoms with Crippen LogP contribution in [0.3, 0.4) is 0 Å². The normalized spacial score (nSPS) is 12.0. The van der Waals surface area contributed by atoms with Gasteiger partial charge in [0.25, 0.3) is 0 Å². The summed E-state index contributed by atoms with van der Waals surface area (Å²) in [5.74, 6) is 4.30. The number of rotatable bonds is 15. The molecule has 16 aromatic rings. The van der Waals surface area contributed by atoms with E-state index in [1.54, 1.807) is 0 Å². The Morgan fingerprint density at radius 1 is 0.170 bits per heavy atom. The molecule has 94 heavy (non-hydrogen) atoms. The summed E-state index contributed by atoms with van der Waals surface area (Å²) >= 11 is 0. The fraction of sp³-hybridized carbons (Fsp3) is 0. The molecule has 0 aliphatic rings. The van der Waals surface area contributed by atoms with Gasteiger partial charge in [-0.25, -0.2) is 0 Å². The highest BCUT2D eigenvalue weighted by molar-refractivity contribution is 7.24. The maximum Gasteiger partial charge on any atom is 0.230 e. The van der Waals surface area contributed by atoms with E-state index in [9.17, 15) is 0 Å². The van der Waals surface area contributed by atoms with Crippen molar-refractivity contribution in [1.82, 2.24) is 0 Å². The topological polar surface area (TPSA) is 0 Å². The molecule has 0 aromatic heterocycles. The van der Waals surface area contributed by atoms with Gasteiger partial charge in [-0.2, -0.15) is 0 Å². The maximum atomic E-state index is 4.39. The van der Waals surface area contributed by atoms with E-state index in [0.717, 1.165) is 10.9 Å². The molecule has 0 unspecified atom stereocenters. The fourth-order valence-electron chi connectivity index (χ4n) is 16.1. The minimum atomic E-state index is -3.37. The molecular weight excluding hydrogens is 1190 g/mol. The standard InChI is InChI=1S/C90H66Si4/c1-13-37-70(38-14-1)91(71-39-15-2-16-40-71,72-41-17-3-18-42-72)66-65-69-67-86(92(73-43-19-4-20-44-73,74-45-21-5-22-46-74)75-47-23-6-24-48-75)83-63-64-85-88(94(79-55-31-10-32-56-79,80-57-33-11-34-58-80)81-59-35-12-36-60-81)68-87(84-62-61-82(69)89(83)90(84)85)93(76-49-25-7-26-50-76,77-51-27-8-28-52-77)78-53-29-9-30-54-78/h1-64,67-68H. The Labute approximate surface area is 555 Å². The summed E-state index contributed by atoms with van der Waals surface area (Å²) in [6.45, 7) is 0. The Morgan fingerprint density at radius 3 is 0.574 bits per heavy atom. The van der Waals surface area contributed by atoms with Crippen LogP contribution in [-0.4, -0.2) is 32.3 Å². The second kappa shape index (κ2) is 24.9. The quantitative estimate of drug-likeness (QED) is 0.0415. The Balaban J connectivity index is 1.18. The van der Waals surface area contributed by atoms with Crippen molar-refractivity contribution in [1.29, 1.82) is 0 Å². The van der Waals surface area contributed by atoms with Crippen molar-refractivity contribution in [2.45, 2.75) is 0 Å². The van der Waals surface area contributed by atoms with Crippen LogP contribution in [0.4, 0.5) is 0 Å². The van der Waals surface area contributed by atoms with Gasteiger partial charge >= 0.3 is 0 Å². The molecule has 0 atom stereocenters. The molecule has 0 saturated carbocycles. The zero-order valence-electron chi connectivity index (χ0n) is 52.1. The van der Waals surface area contributed by atoms with Gasteiger partial charge in [-0.15, -0.1) is 5.54 Å². The Kier molecular flexibility index (Phi) is 15.4. The predicted octanol–water partition coefficient (Wildman–Crippen LogP) is 10.8. The van der Waals surface area contributed by atoms with Gasteiger partial charge in [-0.05, 0) is 116 Å². The van der Waals surface area contributed by atoms with Crippen LogP contribution in [0.5, 0.6) is 0 Å². The zero-order valence-corrected chi connectivity index (χ0v) is 56.1. The van der Waals surface area contributed by atoms with Gasteiger partial charge in [0.15, 0.2) is 24.2 Å². The van der Waals surface area contributed by atoms with Gasteiger partial charge in [-0.1, -0.05) is 400 Å². The van der Waals surface area contributed by atoms with Gasteiger partial charge in [0.2, 0.25) is 8.07 Å². The van der Waals surface area contributed by atoms with Crippen LogP contribution in [0.15, 0.2) is 400 Å². The first-order valence-corrected chi connectivity index (χ1v) is 40.7. The van der Waals surface area contributed by atoms with E-state index in [2.05, 4.69) is 412 Å². The van der Waals surface area contributed by atoms with E-state index in [1.807, 2.05) is 0 Å². The summed E-state index contributed by atoms with van der Waals surface area (Å²) in [5, 5.41) is 27.2. The first-order valence-electron chi connectivity index (χ1n) is 32.7. The summed E-state index contributed by atoms with van der Waals surface area (Å²) in [7, 11) is -13.2. The van der Waals surface area contributed by atoms with Crippen molar-refractivity contribution < 1.29 is 0 Å². The van der Waals surface area contributed by atoms with Crippen LogP contribution in [0.25, 0.3) is 32.3 Å². The molecule has 0 amide bonds. The Morgan fingerprint density at radius 2 is 0.351 bits per heavy atom. The number of hydrogen-bond acceptors (Lipinski definition) is 0. The van der Waals surface area contributed by atoms with Gasteiger partial charge in [0, 0.05) is 5.56 Å². The van der Waals surface area contributed by atoms with Gasteiger partial charge < -0.3 is 0 Å². The van der Waals surface area contributed by atoms with Crippen LogP contribution < -0.4 is 77.8 Å². The lowest BCUT2D eigenvalue weighted by molar-refractivity contribution is 1.66. The minimum absolute atomic E-state index is 1.03. The molecule has 0 heterocycles. The minimum Gasteiger partial charge on any atom is -0.109 e. The van der Waals surface area contributed by atoms with Gasteiger partial charge in [-0.3, -0.25) is 0 Å². The fourth-order valence-corrected chi connectivity index (χ4v) is 35.0. The van der Waals surface area contributed by atoms with E-state index in [-0.39, 0.29) is 0 Å². The second-order valence-electron chi connectivity index (χ2n) is 24.7. The third kappa shape index (κ3) is 9.38. The average molecular weight is 1260 g/mol. The summed E-state index contributed by atoms with van der Waals surface area (Å²) in [4.78, 5) is 0. The molecule has 0 N–H and O–H groups in total. The number of benzene rings is 16. The molecule has 0 radical (unpaired) electrons. The van der Waals surface area contributed by atoms with Crippen LogP contribution in [0.2, 0.25) is 0 Å². The highest BCUT2D eigenvalue weighted by Gasteiger charge is 2.49. The molecule has 0 saturated heterocycles. The van der Waals surface area contributed by atoms with E-state index in [1.165, 1.54) is 105 Å². The molecule has 4 heteroatoms. The van der Waals surface area contributed by atoms with E-state index < -0.39 is 32.3 Å². The third-order valence-corrected chi connectivity index (χ3v) is 38.5. The number of hydrogen-bond donors (Lipinski definition) is 0. The molecule has 16 aromatic carbocycles. The molecule has 0 aliphatic heterocycles. The lowest BCUT2D eigenvalue weighted by Gasteiger charge is -2.40. The Hall–Kier alpha value is -11.0. The summed E-state index contributed by atoms with van der Waals surface area (Å²) in [6.07, 6.45) is 0. The monoisotopic (exact) mass is 1260 g/mol. The highest BCUT2D eigenvalue weighted by Crippen LogP contribution is 2.37. The summed E-state index contributed by atoms with van der Waals surface area (Å²) in [6, 6.07) is 153. The summed E-state index contributed by atoms with van der Waals surface area (Å²) in [5.41, 5.74) is 5.42. The first-order chi connectivity index (χ1) is 46.7. The average Bonchev–Trinajstić information content (AvgIpc) is 0.681. The second-order valence-corrected chi connectivity index (χ2v) is 39.5. The Bertz CT molecular complexity index is 4780. The van der Waals surface area contributed by atoms with Crippen LogP contribution in [0, 0.1) is 11.5 Å². The lowest BCUT2D eigenvalue weighted by Crippen LogP contribution is -2.78. The SMILES string of the molecule is C(#C[Si](c1ccccc1)(c1ccccc1)c1ccccc1)c1cc([Si](c2ccccc2)(c2ccccc2)c2ccccc2)c2ccc3c([Si](c4ccccc4)(c4ccccc4)c4ccccc4)cc([Si](c4ccccc4)(c4ccccc4)c4ccccc4)c4ccc1c2c43. The first kappa shape index (κ1) is 58.1. The molecule has 0 aliphatic carbocycles. The molecule has 0 fully saturated rings. The smallest absolute Gasteiger partial charge is 0.109 e. The molecule has 16 rings (SSSR count). The van der Waals surface area contributed by atoms with Gasteiger partial charge in [0.05, 0.1) is 0 Å². The van der Waals surface area contributed by atoms with Crippen LogP contribution in [0.1, 0.15) is 5.56 Å². The summed E-state index contributed by atoms with van der Waals surface area (Å²) < 4.78 is 0. The van der Waals surface area contributed by atoms with E-state index in [4.69, 9.17) is 0 Å². The molecule has 0 nitrogen and oxygen atoms in total. The molecular formula is C90H66Si4. The van der Waals surface area contributed by atoms with Crippen molar-refractivity contribution >= 4 is 142 Å². The van der Waals surface area contributed by atoms with Crippen molar-refractivity contribution in [3.05, 3.63) is 406 Å². The van der Waals surface area contributed by atoms with Crippen LogP contribution in [-0.2, 0) is 0 Å². The lowest BCUT2D eigenvalue weighted by atomic mass is 9.92. The van der Waals surface area contributed by atoms with Crippen molar-refractivity contribution in [2.75, 3.05) is 0 Å². The zero-order chi connectivity index (χ0) is 62.8. The van der Waals surface area contributed by atoms with E-state index in [0.29, 0.717) is 0 Å². The van der Waals surface area contributed by atoms with Gasteiger partial charge in [0.1, 0.15) is 0 Å². The van der Waals surface area contributed by atoms with Crippen molar-refractivity contribution in [3.63, 3.8) is 0 Å². The molecule has 0 bridgehead atoms. The predicted molar refractivity (Wildman–Crippen MR) is 412 cm³/mol. The van der Waals surface area contributed by atoms with E-state index >= 15 is 0 Å². The van der Waals surface area contributed by atoms with Crippen molar-refractivity contribution in [2.24, 2.45) is 0 Å². The van der Waals surface area contributed by atoms with Crippen molar-refractivity contribution in [3.8, 4) is 11.5 Å². The van der Waals surface area contributed by atoms with Crippen LogP contribution >= 0.6 is 0 Å². The third-order valence-electron chi connectivity index (χ3n) is 20.0.